The van der Waals surface area contributed by atoms with Gasteiger partial charge in [-0.1, -0.05) is 76.9 Å². The number of ether oxygens (including phenoxy) is 1. The molecule has 0 bridgehead atoms. The molecule has 4 aromatic rings. The number of anilines is 1. The molecule has 1 atom stereocenters. The first-order valence-corrected chi connectivity index (χ1v) is 11.8. The minimum atomic E-state index is -0.192. The Kier molecular flexibility index (Phi) is 6.49. The second kappa shape index (κ2) is 10.0. The van der Waals surface area contributed by atoms with Gasteiger partial charge in [-0.25, -0.2) is 0 Å². The second-order valence-electron chi connectivity index (χ2n) is 8.91. The Morgan fingerprint density at radius 2 is 1.72 bits per heavy atom. The number of allylic oxidation sites excluding steroid dienone is 1. The van der Waals surface area contributed by atoms with Gasteiger partial charge in [-0.3, -0.25) is 9.69 Å². The maximum Gasteiger partial charge on any atom is 0.251 e. The number of amides is 1. The molecule has 0 aliphatic carbocycles. The summed E-state index contributed by atoms with van der Waals surface area (Å²) in [5.74, 6) is 1.14. The topological polar surface area (TPSA) is 85.2 Å². The molecule has 1 amide bonds. The predicted molar refractivity (Wildman–Crippen MR) is 138 cm³/mol. The van der Waals surface area contributed by atoms with Gasteiger partial charge in [-0.15, -0.1) is 0 Å². The van der Waals surface area contributed by atoms with Crippen LogP contribution in [0.25, 0.3) is 5.70 Å². The van der Waals surface area contributed by atoms with Gasteiger partial charge in [0, 0.05) is 6.54 Å². The van der Waals surface area contributed by atoms with Crippen LogP contribution in [0.4, 0.5) is 5.95 Å². The van der Waals surface area contributed by atoms with E-state index in [0.717, 1.165) is 33.7 Å². The molecule has 2 heterocycles. The highest BCUT2D eigenvalue weighted by Gasteiger charge is 2.31. The van der Waals surface area contributed by atoms with Crippen molar-refractivity contribution < 1.29 is 9.53 Å². The van der Waals surface area contributed by atoms with Crippen LogP contribution in [0.3, 0.4) is 0 Å². The first-order valence-electron chi connectivity index (χ1n) is 11.8. The number of fused-ring (bicyclic) bond motifs is 1. The molecule has 0 unspecified atom stereocenters. The second-order valence-corrected chi connectivity index (χ2v) is 8.91. The van der Waals surface area contributed by atoms with Gasteiger partial charge in [-0.2, -0.15) is 4.68 Å². The Hall–Kier alpha value is -4.46. The van der Waals surface area contributed by atoms with Gasteiger partial charge in [0.25, 0.3) is 5.95 Å². The van der Waals surface area contributed by atoms with Crippen LogP contribution in [0.5, 0.6) is 5.75 Å². The van der Waals surface area contributed by atoms with Crippen LogP contribution in [0.1, 0.15) is 33.9 Å². The van der Waals surface area contributed by atoms with Crippen molar-refractivity contribution >= 4 is 17.6 Å². The van der Waals surface area contributed by atoms with Crippen molar-refractivity contribution in [3.05, 3.63) is 107 Å². The van der Waals surface area contributed by atoms with Crippen molar-refractivity contribution in [1.82, 2.24) is 25.5 Å². The number of carbonyl (C=O) groups is 1. The third kappa shape index (κ3) is 4.84. The van der Waals surface area contributed by atoms with E-state index in [2.05, 4.69) is 89.3 Å². The molecule has 0 fully saturated rings. The number of hydrogen-bond donors (Lipinski definition) is 1. The molecule has 1 aromatic heterocycles. The molecule has 1 aliphatic rings. The molecule has 36 heavy (non-hydrogen) atoms. The number of aromatic nitrogens is 4. The zero-order valence-electron chi connectivity index (χ0n) is 20.5. The van der Waals surface area contributed by atoms with Gasteiger partial charge in [-0.05, 0) is 59.2 Å². The first-order chi connectivity index (χ1) is 17.5. The molecule has 3 aromatic carbocycles. The number of nitrogens with one attached hydrogen (secondary N) is 1. The van der Waals surface area contributed by atoms with Crippen LogP contribution in [0, 0.1) is 13.8 Å². The summed E-state index contributed by atoms with van der Waals surface area (Å²) < 4.78 is 7.05. The summed E-state index contributed by atoms with van der Waals surface area (Å²) in [5, 5.41) is 15.5. The number of methoxy groups -OCH3 is 1. The minimum absolute atomic E-state index is 0.0741. The highest BCUT2D eigenvalue weighted by Crippen LogP contribution is 2.36. The molecule has 0 saturated heterocycles. The summed E-state index contributed by atoms with van der Waals surface area (Å²) in [7, 11) is 1.63. The Balaban J connectivity index is 1.45. The summed E-state index contributed by atoms with van der Waals surface area (Å²) in [6.07, 6.45) is 2.12. The summed E-state index contributed by atoms with van der Waals surface area (Å²) in [5.41, 5.74) is 6.26. The number of aryl methyl sites for hydroxylation is 2. The van der Waals surface area contributed by atoms with Gasteiger partial charge in [0.1, 0.15) is 18.3 Å². The Labute approximate surface area is 210 Å². The van der Waals surface area contributed by atoms with E-state index in [4.69, 9.17) is 4.74 Å². The number of carbonyl (C=O) groups excluding carboxylic acids is 1. The third-order valence-electron chi connectivity index (χ3n) is 6.28. The Morgan fingerprint density at radius 1 is 1.00 bits per heavy atom. The third-order valence-corrected chi connectivity index (χ3v) is 6.28. The molecule has 5 rings (SSSR count). The Bertz CT molecular complexity index is 1390. The lowest BCUT2D eigenvalue weighted by atomic mass is 9.99. The molecule has 0 radical (unpaired) electrons. The van der Waals surface area contributed by atoms with Crippen molar-refractivity contribution in [1.29, 1.82) is 0 Å². The first kappa shape index (κ1) is 23.3. The lowest BCUT2D eigenvalue weighted by Crippen LogP contribution is -2.39. The maximum absolute atomic E-state index is 13.1. The van der Waals surface area contributed by atoms with Crippen LogP contribution in [0.15, 0.2) is 78.9 Å². The van der Waals surface area contributed by atoms with Gasteiger partial charge in [0.05, 0.1) is 12.8 Å². The molecule has 0 spiro atoms. The van der Waals surface area contributed by atoms with Crippen molar-refractivity contribution in [2.45, 2.75) is 26.4 Å². The van der Waals surface area contributed by atoms with Gasteiger partial charge in [0.15, 0.2) is 0 Å². The Morgan fingerprint density at radius 3 is 2.44 bits per heavy atom. The number of hydrogen-bond acceptors (Lipinski definition) is 6. The molecule has 8 nitrogen and oxygen atoms in total. The van der Waals surface area contributed by atoms with Gasteiger partial charge in [0.2, 0.25) is 5.91 Å². The average Bonchev–Trinajstić information content (AvgIpc) is 3.39. The maximum atomic E-state index is 13.1. The quantitative estimate of drug-likeness (QED) is 0.429. The van der Waals surface area contributed by atoms with Crippen LogP contribution in [-0.4, -0.2) is 39.8 Å². The van der Waals surface area contributed by atoms with Crippen LogP contribution in [0.2, 0.25) is 0 Å². The van der Waals surface area contributed by atoms with E-state index >= 15 is 0 Å². The van der Waals surface area contributed by atoms with Crippen molar-refractivity contribution in [2.75, 3.05) is 18.6 Å². The summed E-state index contributed by atoms with van der Waals surface area (Å²) in [6.45, 7) is 4.58. The molecule has 0 saturated carbocycles. The van der Waals surface area contributed by atoms with E-state index in [1.165, 1.54) is 5.56 Å². The van der Waals surface area contributed by atoms with Gasteiger partial charge >= 0.3 is 0 Å². The largest absolute Gasteiger partial charge is 0.497 e. The van der Waals surface area contributed by atoms with E-state index in [1.807, 2.05) is 29.2 Å². The fraction of sp³-hybridized carbons (Fsp3) is 0.214. The highest BCUT2D eigenvalue weighted by atomic mass is 16.5. The lowest BCUT2D eigenvalue weighted by molar-refractivity contribution is -0.119. The van der Waals surface area contributed by atoms with Crippen molar-refractivity contribution in [2.24, 2.45) is 0 Å². The SMILES string of the molecule is COc1cccc(CNC(=O)CN2C(c3ccc(C)cc3)=C[C@H](c3ccc(C)cc3)n3nnnc32)c1. The van der Waals surface area contributed by atoms with E-state index in [9.17, 15) is 4.79 Å². The summed E-state index contributed by atoms with van der Waals surface area (Å²) in [4.78, 5) is 15.0. The van der Waals surface area contributed by atoms with E-state index in [-0.39, 0.29) is 18.5 Å². The summed E-state index contributed by atoms with van der Waals surface area (Å²) >= 11 is 0. The van der Waals surface area contributed by atoms with Crippen LogP contribution in [-0.2, 0) is 11.3 Å². The van der Waals surface area contributed by atoms with Crippen molar-refractivity contribution in [3.63, 3.8) is 0 Å². The summed E-state index contributed by atoms with van der Waals surface area (Å²) in [6, 6.07) is 24.0. The molecular formula is C28H28N6O2. The smallest absolute Gasteiger partial charge is 0.251 e. The molecule has 1 aliphatic heterocycles. The highest BCUT2D eigenvalue weighted by molar-refractivity contribution is 5.89. The minimum Gasteiger partial charge on any atom is -0.497 e. The normalized spacial score (nSPS) is 14.7. The van der Waals surface area contributed by atoms with Gasteiger partial charge < -0.3 is 10.1 Å². The van der Waals surface area contributed by atoms with Crippen LogP contribution >= 0.6 is 0 Å². The van der Waals surface area contributed by atoms with Crippen molar-refractivity contribution in [3.8, 4) is 5.75 Å². The lowest BCUT2D eigenvalue weighted by Gasteiger charge is -2.32. The monoisotopic (exact) mass is 480 g/mol. The molecule has 1 N–H and O–H groups in total. The molecular weight excluding hydrogens is 452 g/mol. The fourth-order valence-corrected chi connectivity index (χ4v) is 4.28. The zero-order valence-corrected chi connectivity index (χ0v) is 20.5. The average molecular weight is 481 g/mol. The number of rotatable bonds is 7. The molecule has 8 heteroatoms. The van der Waals surface area contributed by atoms with E-state index < -0.39 is 0 Å². The standard InChI is InChI=1S/C28H28N6O2/c1-19-7-11-22(12-8-19)25-16-26(23-13-9-20(2)10-14-23)34-28(30-31-32-34)33(25)18-27(35)29-17-21-5-4-6-24(15-21)36-3/h4-16,26H,17-18H2,1-3H3,(H,29,35)/t26-/m1/s1. The van der Waals surface area contributed by atoms with E-state index in [0.29, 0.717) is 12.5 Å². The zero-order chi connectivity index (χ0) is 25.1. The number of nitrogens with zero attached hydrogens (tertiary/aromatic N) is 5. The van der Waals surface area contributed by atoms with Crippen LogP contribution < -0.4 is 15.0 Å². The predicted octanol–water partition coefficient (Wildman–Crippen LogP) is 4.07. The number of benzene rings is 3. The molecule has 182 valence electrons. The van der Waals surface area contributed by atoms with E-state index in [1.54, 1.807) is 11.8 Å². The fourth-order valence-electron chi connectivity index (χ4n) is 4.28. The number of tetrazole rings is 1.